The molecule has 0 saturated heterocycles. The van der Waals surface area contributed by atoms with Crippen molar-refractivity contribution in [3.8, 4) is 0 Å². The molecule has 2 aromatic carbocycles. The van der Waals surface area contributed by atoms with Gasteiger partial charge in [-0.2, -0.15) is 0 Å². The lowest BCUT2D eigenvalue weighted by Gasteiger charge is -2.21. The van der Waals surface area contributed by atoms with Crippen LogP contribution in [0.15, 0.2) is 54.6 Å². The quantitative estimate of drug-likeness (QED) is 0.744. The average molecular weight is 375 g/mol. The molecule has 2 rings (SSSR count). The Bertz CT molecular complexity index is 737. The molecular formula is C20H23ClN2O3. The van der Waals surface area contributed by atoms with Gasteiger partial charge in [0.05, 0.1) is 29.7 Å². The summed E-state index contributed by atoms with van der Waals surface area (Å²) in [5.41, 5.74) is 1.23. The third-order valence-electron chi connectivity index (χ3n) is 3.84. The van der Waals surface area contributed by atoms with E-state index in [1.54, 1.807) is 31.4 Å². The zero-order valence-corrected chi connectivity index (χ0v) is 15.6. The van der Waals surface area contributed by atoms with Crippen LogP contribution >= 0.6 is 11.6 Å². The molecule has 5 nitrogen and oxygen atoms in total. The molecule has 0 radical (unpaired) electrons. The summed E-state index contributed by atoms with van der Waals surface area (Å²) < 4.78 is 5.03. The Kier molecular flexibility index (Phi) is 7.63. The smallest absolute Gasteiger partial charge is 0.253 e. The maximum atomic E-state index is 12.6. The number of benzene rings is 2. The van der Waals surface area contributed by atoms with Crippen LogP contribution in [0.25, 0.3) is 0 Å². The van der Waals surface area contributed by atoms with Gasteiger partial charge < -0.3 is 15.4 Å². The number of hydrogen-bond donors (Lipinski definition) is 2. The molecule has 2 N–H and O–H groups in total. The highest BCUT2D eigenvalue weighted by Crippen LogP contribution is 2.20. The van der Waals surface area contributed by atoms with E-state index in [0.29, 0.717) is 17.2 Å². The number of amides is 2. The SMILES string of the molecule is COC[C@@H](C)NC(=O)C[C@@H](NC(=O)c1ccccc1Cl)c1ccccc1. The minimum absolute atomic E-state index is 0.108. The third kappa shape index (κ3) is 5.86. The first-order valence-corrected chi connectivity index (χ1v) is 8.77. The van der Waals surface area contributed by atoms with Gasteiger partial charge in [0.1, 0.15) is 0 Å². The molecule has 138 valence electrons. The molecule has 0 spiro atoms. The van der Waals surface area contributed by atoms with Crippen LogP contribution in [0, 0.1) is 0 Å². The number of hydrogen-bond acceptors (Lipinski definition) is 3. The molecule has 2 aromatic rings. The van der Waals surface area contributed by atoms with Gasteiger partial charge in [-0.1, -0.05) is 54.1 Å². The van der Waals surface area contributed by atoms with Crippen molar-refractivity contribution in [3.63, 3.8) is 0 Å². The molecule has 0 aliphatic rings. The maximum Gasteiger partial charge on any atom is 0.253 e. The number of carbonyl (C=O) groups excluding carboxylic acids is 2. The fourth-order valence-corrected chi connectivity index (χ4v) is 2.85. The predicted molar refractivity (Wildman–Crippen MR) is 102 cm³/mol. The zero-order chi connectivity index (χ0) is 18.9. The standard InChI is InChI=1S/C20H23ClN2O3/c1-14(13-26-2)22-19(24)12-18(15-8-4-3-5-9-15)23-20(25)16-10-6-7-11-17(16)21/h3-11,14,18H,12-13H2,1-2H3,(H,22,24)(H,23,25)/t14-,18-/m1/s1. The van der Waals surface area contributed by atoms with Gasteiger partial charge in [0.15, 0.2) is 0 Å². The Hall–Kier alpha value is -2.37. The molecule has 2 amide bonds. The van der Waals surface area contributed by atoms with Crippen molar-refractivity contribution in [2.45, 2.75) is 25.4 Å². The van der Waals surface area contributed by atoms with Gasteiger partial charge in [-0.25, -0.2) is 0 Å². The Morgan fingerprint density at radius 1 is 1.04 bits per heavy atom. The highest BCUT2D eigenvalue weighted by molar-refractivity contribution is 6.33. The van der Waals surface area contributed by atoms with E-state index >= 15 is 0 Å². The van der Waals surface area contributed by atoms with Gasteiger partial charge in [-0.05, 0) is 24.6 Å². The molecular weight excluding hydrogens is 352 g/mol. The van der Waals surface area contributed by atoms with E-state index in [9.17, 15) is 9.59 Å². The number of ether oxygens (including phenoxy) is 1. The predicted octanol–water partition coefficient (Wildman–Crippen LogP) is 3.35. The highest BCUT2D eigenvalue weighted by Gasteiger charge is 2.21. The summed E-state index contributed by atoms with van der Waals surface area (Å²) in [6.07, 6.45) is 0.119. The summed E-state index contributed by atoms with van der Waals surface area (Å²) in [7, 11) is 1.58. The molecule has 0 fully saturated rings. The minimum Gasteiger partial charge on any atom is -0.383 e. The fourth-order valence-electron chi connectivity index (χ4n) is 2.63. The lowest BCUT2D eigenvalue weighted by molar-refractivity contribution is -0.122. The molecule has 0 aliphatic heterocycles. The van der Waals surface area contributed by atoms with Crippen molar-refractivity contribution in [3.05, 3.63) is 70.7 Å². The molecule has 0 aromatic heterocycles. The van der Waals surface area contributed by atoms with E-state index in [4.69, 9.17) is 16.3 Å². The molecule has 0 unspecified atom stereocenters. The summed E-state index contributed by atoms with van der Waals surface area (Å²) in [4.78, 5) is 25.0. The summed E-state index contributed by atoms with van der Waals surface area (Å²) in [5.74, 6) is -0.481. The number of methoxy groups -OCH3 is 1. The van der Waals surface area contributed by atoms with Gasteiger partial charge in [0.2, 0.25) is 5.91 Å². The molecule has 0 saturated carbocycles. The lowest BCUT2D eigenvalue weighted by Crippen LogP contribution is -2.39. The Morgan fingerprint density at radius 3 is 2.35 bits per heavy atom. The van der Waals surface area contributed by atoms with Crippen LogP contribution in [0.4, 0.5) is 0 Å². The van der Waals surface area contributed by atoms with Crippen LogP contribution in [0.5, 0.6) is 0 Å². The highest BCUT2D eigenvalue weighted by atomic mass is 35.5. The second kappa shape index (κ2) is 9.94. The molecule has 6 heteroatoms. The summed E-state index contributed by atoms with van der Waals surface area (Å²) in [6.45, 7) is 2.29. The number of carbonyl (C=O) groups is 2. The third-order valence-corrected chi connectivity index (χ3v) is 4.17. The largest absolute Gasteiger partial charge is 0.383 e. The summed E-state index contributed by atoms with van der Waals surface area (Å²) in [6, 6.07) is 15.6. The fraction of sp³-hybridized carbons (Fsp3) is 0.300. The van der Waals surface area contributed by atoms with Gasteiger partial charge in [0, 0.05) is 13.2 Å². The van der Waals surface area contributed by atoms with Crippen LogP contribution in [-0.4, -0.2) is 31.6 Å². The summed E-state index contributed by atoms with van der Waals surface area (Å²) in [5, 5.41) is 6.15. The number of rotatable bonds is 8. The maximum absolute atomic E-state index is 12.6. The first-order chi connectivity index (χ1) is 12.5. The van der Waals surface area contributed by atoms with Crippen LogP contribution in [0.3, 0.4) is 0 Å². The van der Waals surface area contributed by atoms with Crippen LogP contribution in [-0.2, 0) is 9.53 Å². The minimum atomic E-state index is -0.463. The first kappa shape index (κ1) is 19.9. The van der Waals surface area contributed by atoms with Gasteiger partial charge in [-0.15, -0.1) is 0 Å². The number of nitrogens with one attached hydrogen (secondary N) is 2. The van der Waals surface area contributed by atoms with Crippen molar-refractivity contribution >= 4 is 23.4 Å². The Morgan fingerprint density at radius 2 is 1.69 bits per heavy atom. The van der Waals surface area contributed by atoms with Crippen LogP contribution in [0.2, 0.25) is 5.02 Å². The van der Waals surface area contributed by atoms with E-state index in [1.165, 1.54) is 0 Å². The van der Waals surface area contributed by atoms with E-state index in [-0.39, 0.29) is 24.3 Å². The van der Waals surface area contributed by atoms with E-state index < -0.39 is 6.04 Å². The van der Waals surface area contributed by atoms with E-state index in [2.05, 4.69) is 10.6 Å². The number of halogens is 1. The van der Waals surface area contributed by atoms with E-state index in [1.807, 2.05) is 37.3 Å². The molecule has 0 bridgehead atoms. The van der Waals surface area contributed by atoms with Crippen molar-refractivity contribution in [2.75, 3.05) is 13.7 Å². The average Bonchev–Trinajstić information content (AvgIpc) is 2.62. The van der Waals surface area contributed by atoms with Gasteiger partial charge in [-0.3, -0.25) is 9.59 Å². The van der Waals surface area contributed by atoms with Gasteiger partial charge >= 0.3 is 0 Å². The van der Waals surface area contributed by atoms with Crippen LogP contribution in [0.1, 0.15) is 35.3 Å². The second-order valence-corrected chi connectivity index (χ2v) is 6.45. The van der Waals surface area contributed by atoms with Crippen molar-refractivity contribution < 1.29 is 14.3 Å². The van der Waals surface area contributed by atoms with Crippen molar-refractivity contribution in [2.24, 2.45) is 0 Å². The van der Waals surface area contributed by atoms with Crippen molar-refractivity contribution in [1.82, 2.24) is 10.6 Å². The zero-order valence-electron chi connectivity index (χ0n) is 14.9. The molecule has 0 heterocycles. The molecule has 2 atom stereocenters. The lowest BCUT2D eigenvalue weighted by atomic mass is 10.0. The van der Waals surface area contributed by atoms with Gasteiger partial charge in [0.25, 0.3) is 5.91 Å². The Labute approximate surface area is 158 Å². The van der Waals surface area contributed by atoms with E-state index in [0.717, 1.165) is 5.56 Å². The molecule has 26 heavy (non-hydrogen) atoms. The normalized spacial score (nSPS) is 12.9. The molecule has 0 aliphatic carbocycles. The second-order valence-electron chi connectivity index (χ2n) is 6.04. The topological polar surface area (TPSA) is 67.4 Å². The van der Waals surface area contributed by atoms with Crippen LogP contribution < -0.4 is 10.6 Å². The van der Waals surface area contributed by atoms with Crippen molar-refractivity contribution in [1.29, 1.82) is 0 Å². The Balaban J connectivity index is 2.13. The summed E-state index contributed by atoms with van der Waals surface area (Å²) >= 11 is 6.10. The monoisotopic (exact) mass is 374 g/mol. The first-order valence-electron chi connectivity index (χ1n) is 8.40.